The third kappa shape index (κ3) is 5.00. The number of rotatable bonds is 7. The molecule has 118 valence electrons. The Kier molecular flexibility index (Phi) is 5.98. The molecule has 2 heterocycles. The molecule has 0 atom stereocenters. The zero-order chi connectivity index (χ0) is 15.1. The van der Waals surface area contributed by atoms with Gasteiger partial charge < -0.3 is 20.3 Å². The van der Waals surface area contributed by atoms with Gasteiger partial charge in [-0.15, -0.1) is 0 Å². The maximum atomic E-state index is 5.39. The predicted molar refractivity (Wildman–Crippen MR) is 83.9 cm³/mol. The molecule has 1 saturated heterocycles. The number of hydrogen-bond donors (Lipinski definition) is 2. The van der Waals surface area contributed by atoms with Crippen LogP contribution in [-0.4, -0.2) is 59.7 Å². The number of piperidine rings is 1. The second-order valence-electron chi connectivity index (χ2n) is 5.36. The Balaban J connectivity index is 1.94. The molecule has 0 amide bonds. The van der Waals surface area contributed by atoms with E-state index >= 15 is 0 Å². The Bertz CT molecular complexity index is 409. The van der Waals surface area contributed by atoms with Crippen LogP contribution in [0.3, 0.4) is 0 Å². The molecule has 1 aromatic heterocycles. The van der Waals surface area contributed by atoms with Gasteiger partial charge in [0.1, 0.15) is 0 Å². The van der Waals surface area contributed by atoms with E-state index in [0.717, 1.165) is 26.2 Å². The van der Waals surface area contributed by atoms with E-state index in [-0.39, 0.29) is 0 Å². The van der Waals surface area contributed by atoms with E-state index in [1.165, 1.54) is 12.8 Å². The van der Waals surface area contributed by atoms with Crippen LogP contribution in [0.4, 0.5) is 11.9 Å². The van der Waals surface area contributed by atoms with Crippen LogP contribution in [0.5, 0.6) is 6.01 Å². The van der Waals surface area contributed by atoms with E-state index in [9.17, 15) is 0 Å². The quantitative estimate of drug-likeness (QED) is 0.788. The highest BCUT2D eigenvalue weighted by atomic mass is 16.5. The monoisotopic (exact) mass is 294 g/mol. The van der Waals surface area contributed by atoms with Crippen molar-refractivity contribution in [2.75, 3.05) is 50.5 Å². The van der Waals surface area contributed by atoms with Crippen molar-refractivity contribution in [3.63, 3.8) is 0 Å². The molecule has 2 N–H and O–H groups in total. The van der Waals surface area contributed by atoms with E-state index in [1.54, 1.807) is 0 Å². The minimum Gasteiger partial charge on any atom is -0.464 e. The molecule has 0 bridgehead atoms. The highest BCUT2D eigenvalue weighted by Crippen LogP contribution is 2.17. The summed E-state index contributed by atoms with van der Waals surface area (Å²) < 4.78 is 5.39. The number of ether oxygens (including phenoxy) is 1. The number of nitrogens with zero attached hydrogens (tertiary/aromatic N) is 4. The van der Waals surface area contributed by atoms with Crippen molar-refractivity contribution in [2.45, 2.75) is 26.7 Å². The van der Waals surface area contributed by atoms with Gasteiger partial charge >= 0.3 is 6.01 Å². The van der Waals surface area contributed by atoms with Crippen molar-refractivity contribution in [1.29, 1.82) is 0 Å². The van der Waals surface area contributed by atoms with E-state index in [1.807, 2.05) is 13.8 Å². The first kappa shape index (κ1) is 15.8. The molecule has 21 heavy (non-hydrogen) atoms. The summed E-state index contributed by atoms with van der Waals surface area (Å²) in [5, 5.41) is 6.43. The van der Waals surface area contributed by atoms with Gasteiger partial charge in [-0.25, -0.2) is 0 Å². The molecule has 2 rings (SSSR count). The molecule has 0 spiro atoms. The Hall–Kier alpha value is -1.63. The van der Waals surface area contributed by atoms with Crippen molar-refractivity contribution in [3.8, 4) is 6.01 Å². The number of anilines is 2. The van der Waals surface area contributed by atoms with E-state index < -0.39 is 0 Å². The number of aromatic nitrogens is 3. The summed E-state index contributed by atoms with van der Waals surface area (Å²) in [6, 6.07) is 0.370. The van der Waals surface area contributed by atoms with Gasteiger partial charge in [-0.05, 0) is 52.7 Å². The van der Waals surface area contributed by atoms with Crippen LogP contribution in [0, 0.1) is 5.92 Å². The van der Waals surface area contributed by atoms with Crippen LogP contribution in [0.25, 0.3) is 0 Å². The maximum Gasteiger partial charge on any atom is 0.323 e. The van der Waals surface area contributed by atoms with Gasteiger partial charge in [0.05, 0.1) is 6.61 Å². The first-order valence-corrected chi connectivity index (χ1v) is 7.76. The van der Waals surface area contributed by atoms with Gasteiger partial charge in [0.25, 0.3) is 0 Å². The van der Waals surface area contributed by atoms with Crippen molar-refractivity contribution in [3.05, 3.63) is 0 Å². The fourth-order valence-corrected chi connectivity index (χ4v) is 2.37. The highest BCUT2D eigenvalue weighted by Gasteiger charge is 2.17. The van der Waals surface area contributed by atoms with Crippen LogP contribution in [0.1, 0.15) is 26.7 Å². The molecule has 0 saturated carbocycles. The first-order chi connectivity index (χ1) is 10.2. The smallest absolute Gasteiger partial charge is 0.323 e. The molecular formula is C14H26N6O. The normalized spacial score (nSPS) is 16.7. The summed E-state index contributed by atoms with van der Waals surface area (Å²) in [6.45, 7) is 8.47. The first-order valence-electron chi connectivity index (χ1n) is 7.76. The van der Waals surface area contributed by atoms with E-state index in [2.05, 4.69) is 37.5 Å². The van der Waals surface area contributed by atoms with Crippen LogP contribution < -0.4 is 15.4 Å². The fourth-order valence-electron chi connectivity index (χ4n) is 2.37. The van der Waals surface area contributed by atoms with Gasteiger partial charge in [0.2, 0.25) is 11.9 Å². The predicted octanol–water partition coefficient (Wildman–Crippen LogP) is 1.46. The molecule has 0 aromatic carbocycles. The lowest BCUT2D eigenvalue weighted by Crippen LogP contribution is -2.33. The third-order valence-electron chi connectivity index (χ3n) is 3.61. The molecule has 7 nitrogen and oxygen atoms in total. The average molecular weight is 294 g/mol. The summed E-state index contributed by atoms with van der Waals surface area (Å²) >= 11 is 0. The second kappa shape index (κ2) is 7.97. The molecule has 1 aliphatic rings. The summed E-state index contributed by atoms with van der Waals surface area (Å²) in [7, 11) is 2.17. The number of nitrogens with one attached hydrogen (secondary N) is 2. The van der Waals surface area contributed by atoms with E-state index in [0.29, 0.717) is 30.4 Å². The maximum absolute atomic E-state index is 5.39. The fraction of sp³-hybridized carbons (Fsp3) is 0.786. The summed E-state index contributed by atoms with van der Waals surface area (Å²) in [5.74, 6) is 1.82. The van der Waals surface area contributed by atoms with E-state index in [4.69, 9.17) is 4.74 Å². The number of likely N-dealkylation sites (tertiary alicyclic amines) is 1. The summed E-state index contributed by atoms with van der Waals surface area (Å²) in [6.07, 6.45) is 2.43. The molecule has 0 radical (unpaired) electrons. The lowest BCUT2D eigenvalue weighted by Gasteiger charge is -2.28. The van der Waals surface area contributed by atoms with Crippen molar-refractivity contribution in [1.82, 2.24) is 19.9 Å². The minimum atomic E-state index is 0.370. The SMILES string of the molecule is CCNc1nc(NCC2CCN(C)CC2)nc(OCC)n1. The van der Waals surface area contributed by atoms with Gasteiger partial charge in [-0.3, -0.25) is 0 Å². The Labute approximate surface area is 126 Å². The lowest BCUT2D eigenvalue weighted by molar-refractivity contribution is 0.226. The van der Waals surface area contributed by atoms with Crippen LogP contribution in [0.2, 0.25) is 0 Å². The summed E-state index contributed by atoms with van der Waals surface area (Å²) in [4.78, 5) is 15.3. The zero-order valence-corrected chi connectivity index (χ0v) is 13.2. The molecule has 0 unspecified atom stereocenters. The van der Waals surface area contributed by atoms with Gasteiger partial charge in [-0.2, -0.15) is 15.0 Å². The van der Waals surface area contributed by atoms with Crippen molar-refractivity contribution < 1.29 is 4.74 Å². The lowest BCUT2D eigenvalue weighted by atomic mass is 9.97. The molecule has 7 heteroatoms. The van der Waals surface area contributed by atoms with Gasteiger partial charge in [0, 0.05) is 13.1 Å². The van der Waals surface area contributed by atoms with Crippen LogP contribution >= 0.6 is 0 Å². The largest absolute Gasteiger partial charge is 0.464 e. The average Bonchev–Trinajstić information content (AvgIpc) is 2.47. The highest BCUT2D eigenvalue weighted by molar-refractivity contribution is 5.35. The van der Waals surface area contributed by atoms with Gasteiger partial charge in [-0.1, -0.05) is 0 Å². The second-order valence-corrected chi connectivity index (χ2v) is 5.36. The Morgan fingerprint density at radius 2 is 1.76 bits per heavy atom. The van der Waals surface area contributed by atoms with Crippen LogP contribution in [0.15, 0.2) is 0 Å². The Morgan fingerprint density at radius 1 is 1.10 bits per heavy atom. The zero-order valence-electron chi connectivity index (χ0n) is 13.2. The molecular weight excluding hydrogens is 268 g/mol. The van der Waals surface area contributed by atoms with Crippen molar-refractivity contribution in [2.24, 2.45) is 5.92 Å². The molecule has 1 aromatic rings. The summed E-state index contributed by atoms with van der Waals surface area (Å²) in [5.41, 5.74) is 0. The molecule has 0 aliphatic carbocycles. The van der Waals surface area contributed by atoms with Gasteiger partial charge in [0.15, 0.2) is 0 Å². The van der Waals surface area contributed by atoms with Crippen molar-refractivity contribution >= 4 is 11.9 Å². The third-order valence-corrected chi connectivity index (χ3v) is 3.61. The Morgan fingerprint density at radius 3 is 2.38 bits per heavy atom. The minimum absolute atomic E-state index is 0.370. The topological polar surface area (TPSA) is 75.2 Å². The number of hydrogen-bond acceptors (Lipinski definition) is 7. The molecule has 1 aliphatic heterocycles. The molecule has 1 fully saturated rings. The van der Waals surface area contributed by atoms with Crippen LogP contribution in [-0.2, 0) is 0 Å². The standard InChI is InChI=1S/C14H26N6O/c1-4-15-12-17-13(19-14(18-12)21-5-2)16-10-11-6-8-20(3)9-7-11/h11H,4-10H2,1-3H3,(H2,15,16,17,18,19).